The molecule has 1 spiro atoms. The van der Waals surface area contributed by atoms with Crippen LogP contribution in [0.3, 0.4) is 0 Å². The maximum Gasteiger partial charge on any atom is 0.138 e. The molecule has 2 saturated carbocycles. The average molecular weight is 263 g/mol. The fourth-order valence-corrected chi connectivity index (χ4v) is 6.15. The molecule has 0 amide bonds. The van der Waals surface area contributed by atoms with Gasteiger partial charge in [0.05, 0.1) is 11.1 Å². The standard InChI is InChI=1S/C16H25NO2/c1-11-8-12-9-14(18)13-4-2-6-17-7-3-5-16(12,19)15(13,17)10-11/h11-13,19H,2-10H2,1H3/t11-,12-,13+,15-,16+/m0/s1. The van der Waals surface area contributed by atoms with Gasteiger partial charge in [0.1, 0.15) is 5.78 Å². The molecule has 2 heterocycles. The number of hydrogen-bond donors (Lipinski definition) is 1. The summed E-state index contributed by atoms with van der Waals surface area (Å²) in [6.07, 6.45) is 6.89. The number of aliphatic hydroxyl groups is 1. The molecule has 2 bridgehead atoms. The van der Waals surface area contributed by atoms with E-state index >= 15 is 0 Å². The zero-order valence-corrected chi connectivity index (χ0v) is 11.9. The highest BCUT2D eigenvalue weighted by Gasteiger charge is 2.69. The molecule has 106 valence electrons. The molecule has 4 rings (SSSR count). The van der Waals surface area contributed by atoms with E-state index < -0.39 is 5.60 Å². The molecular formula is C16H25NO2. The van der Waals surface area contributed by atoms with E-state index in [-0.39, 0.29) is 17.4 Å². The quantitative estimate of drug-likeness (QED) is 0.726. The Morgan fingerprint density at radius 1 is 1.32 bits per heavy atom. The van der Waals surface area contributed by atoms with Gasteiger partial charge in [0.25, 0.3) is 0 Å². The van der Waals surface area contributed by atoms with E-state index in [1.54, 1.807) is 0 Å². The smallest absolute Gasteiger partial charge is 0.138 e. The van der Waals surface area contributed by atoms with Crippen LogP contribution in [-0.4, -0.2) is 40.0 Å². The minimum Gasteiger partial charge on any atom is -0.388 e. The minimum atomic E-state index is -0.573. The zero-order chi connectivity index (χ0) is 13.3. The summed E-state index contributed by atoms with van der Waals surface area (Å²) in [4.78, 5) is 15.1. The number of ketones is 1. The number of piperidine rings is 2. The van der Waals surface area contributed by atoms with Crippen molar-refractivity contribution in [3.8, 4) is 0 Å². The van der Waals surface area contributed by atoms with E-state index in [9.17, 15) is 9.90 Å². The van der Waals surface area contributed by atoms with E-state index in [0.29, 0.717) is 18.1 Å². The largest absolute Gasteiger partial charge is 0.388 e. The summed E-state index contributed by atoms with van der Waals surface area (Å²) in [5, 5.41) is 11.5. The Labute approximate surface area is 115 Å². The summed E-state index contributed by atoms with van der Waals surface area (Å²) < 4.78 is 0. The van der Waals surface area contributed by atoms with Crippen LogP contribution in [0.4, 0.5) is 0 Å². The van der Waals surface area contributed by atoms with Crippen LogP contribution in [0, 0.1) is 17.8 Å². The Morgan fingerprint density at radius 2 is 2.11 bits per heavy atom. The molecule has 2 aliphatic carbocycles. The van der Waals surface area contributed by atoms with Crippen molar-refractivity contribution in [2.75, 3.05) is 13.1 Å². The van der Waals surface area contributed by atoms with Crippen LogP contribution in [0.25, 0.3) is 0 Å². The van der Waals surface area contributed by atoms with Gasteiger partial charge in [-0.25, -0.2) is 0 Å². The molecule has 2 aliphatic heterocycles. The van der Waals surface area contributed by atoms with Crippen molar-refractivity contribution in [1.82, 2.24) is 4.90 Å². The second-order valence-corrected chi connectivity index (χ2v) is 7.55. The predicted molar refractivity (Wildman–Crippen MR) is 72.7 cm³/mol. The summed E-state index contributed by atoms with van der Waals surface area (Å²) in [7, 11) is 0. The molecule has 19 heavy (non-hydrogen) atoms. The molecule has 0 unspecified atom stereocenters. The van der Waals surface area contributed by atoms with Crippen LogP contribution in [0.1, 0.15) is 51.9 Å². The van der Waals surface area contributed by atoms with Gasteiger partial charge in [0.2, 0.25) is 0 Å². The van der Waals surface area contributed by atoms with Crippen LogP contribution < -0.4 is 0 Å². The molecule has 3 nitrogen and oxygen atoms in total. The molecule has 0 aromatic heterocycles. The number of hydrogen-bond acceptors (Lipinski definition) is 3. The summed E-state index contributed by atoms with van der Waals surface area (Å²) in [6, 6.07) is 0. The molecule has 4 fully saturated rings. The van der Waals surface area contributed by atoms with Gasteiger partial charge in [0, 0.05) is 12.3 Å². The lowest BCUT2D eigenvalue weighted by atomic mass is 9.46. The Hall–Kier alpha value is -0.410. The first-order chi connectivity index (χ1) is 9.08. The second-order valence-electron chi connectivity index (χ2n) is 7.55. The molecule has 2 saturated heterocycles. The van der Waals surface area contributed by atoms with Gasteiger partial charge >= 0.3 is 0 Å². The van der Waals surface area contributed by atoms with Crippen LogP contribution in [-0.2, 0) is 4.79 Å². The van der Waals surface area contributed by atoms with Gasteiger partial charge < -0.3 is 5.11 Å². The number of carbonyl (C=O) groups excluding carboxylic acids is 1. The fourth-order valence-electron chi connectivity index (χ4n) is 6.15. The molecule has 0 aromatic rings. The van der Waals surface area contributed by atoms with Gasteiger partial charge in [-0.2, -0.15) is 0 Å². The Balaban J connectivity index is 1.89. The predicted octanol–water partition coefficient (Wildman–Crippen LogP) is 1.98. The van der Waals surface area contributed by atoms with Gasteiger partial charge in [-0.15, -0.1) is 0 Å². The highest BCUT2D eigenvalue weighted by atomic mass is 16.3. The minimum absolute atomic E-state index is 0.116. The van der Waals surface area contributed by atoms with Crippen LogP contribution in [0.15, 0.2) is 0 Å². The van der Waals surface area contributed by atoms with Gasteiger partial charge in [0.15, 0.2) is 0 Å². The van der Waals surface area contributed by atoms with Gasteiger partial charge in [-0.1, -0.05) is 6.92 Å². The maximum absolute atomic E-state index is 12.6. The highest BCUT2D eigenvalue weighted by molar-refractivity contribution is 5.85. The van der Waals surface area contributed by atoms with Crippen molar-refractivity contribution >= 4 is 5.78 Å². The lowest BCUT2D eigenvalue weighted by molar-refractivity contribution is -0.249. The van der Waals surface area contributed by atoms with E-state index in [4.69, 9.17) is 0 Å². The number of Topliss-reactive ketones (excluding diaryl/α,β-unsaturated/α-hetero) is 1. The Morgan fingerprint density at radius 3 is 2.95 bits per heavy atom. The fraction of sp³-hybridized carbons (Fsp3) is 0.938. The van der Waals surface area contributed by atoms with E-state index in [2.05, 4.69) is 11.8 Å². The topological polar surface area (TPSA) is 40.5 Å². The first kappa shape index (κ1) is 12.3. The van der Waals surface area contributed by atoms with E-state index in [1.807, 2.05) is 0 Å². The van der Waals surface area contributed by atoms with Crippen molar-refractivity contribution in [2.45, 2.75) is 63.0 Å². The second kappa shape index (κ2) is 3.82. The lowest BCUT2D eigenvalue weighted by Gasteiger charge is -2.69. The summed E-state index contributed by atoms with van der Waals surface area (Å²) >= 11 is 0. The Bertz CT molecular complexity index is 421. The zero-order valence-electron chi connectivity index (χ0n) is 11.9. The van der Waals surface area contributed by atoms with Crippen molar-refractivity contribution in [3.05, 3.63) is 0 Å². The molecular weight excluding hydrogens is 238 g/mol. The first-order valence-electron chi connectivity index (χ1n) is 8.08. The van der Waals surface area contributed by atoms with E-state index in [0.717, 1.165) is 51.6 Å². The lowest BCUT2D eigenvalue weighted by Crippen LogP contribution is -2.79. The number of nitrogens with zero attached hydrogens (tertiary/aromatic N) is 1. The van der Waals surface area contributed by atoms with Gasteiger partial charge in [-0.3, -0.25) is 9.69 Å². The summed E-state index contributed by atoms with van der Waals surface area (Å²) in [5.74, 6) is 1.44. The third-order valence-electron chi connectivity index (χ3n) is 6.66. The summed E-state index contributed by atoms with van der Waals surface area (Å²) in [6.45, 7) is 4.49. The Kier molecular flexibility index (Phi) is 2.48. The molecule has 4 aliphatic rings. The molecule has 3 heteroatoms. The summed E-state index contributed by atoms with van der Waals surface area (Å²) in [5.41, 5.74) is -0.766. The SMILES string of the molecule is C[C@H]1C[C@H]2CC(=O)[C@H]3CCCN4CCC[C@]2(O)[C@]34C1. The van der Waals surface area contributed by atoms with Crippen molar-refractivity contribution in [2.24, 2.45) is 17.8 Å². The van der Waals surface area contributed by atoms with Crippen LogP contribution >= 0.6 is 0 Å². The molecule has 5 atom stereocenters. The monoisotopic (exact) mass is 263 g/mol. The van der Waals surface area contributed by atoms with Crippen molar-refractivity contribution < 1.29 is 9.90 Å². The number of carbonyl (C=O) groups is 1. The number of rotatable bonds is 0. The maximum atomic E-state index is 12.6. The van der Waals surface area contributed by atoms with Crippen molar-refractivity contribution in [1.29, 1.82) is 0 Å². The van der Waals surface area contributed by atoms with Crippen LogP contribution in [0.2, 0.25) is 0 Å². The third kappa shape index (κ3) is 1.33. The van der Waals surface area contributed by atoms with Crippen molar-refractivity contribution in [3.63, 3.8) is 0 Å². The first-order valence-corrected chi connectivity index (χ1v) is 8.08. The van der Waals surface area contributed by atoms with E-state index in [1.165, 1.54) is 0 Å². The molecule has 0 aromatic carbocycles. The van der Waals surface area contributed by atoms with Gasteiger partial charge in [-0.05, 0) is 63.5 Å². The molecule has 1 N–H and O–H groups in total. The normalized spacial score (nSPS) is 53.8. The highest BCUT2D eigenvalue weighted by Crippen LogP contribution is 2.61. The van der Waals surface area contributed by atoms with Crippen LogP contribution in [0.5, 0.6) is 0 Å². The average Bonchev–Trinajstić information content (AvgIpc) is 2.35. The molecule has 0 radical (unpaired) electrons. The third-order valence-corrected chi connectivity index (χ3v) is 6.66.